The lowest BCUT2D eigenvalue weighted by Gasteiger charge is -2.36. The van der Waals surface area contributed by atoms with E-state index in [0.29, 0.717) is 0 Å². The van der Waals surface area contributed by atoms with Crippen LogP contribution in [-0.2, 0) is 0 Å². The molecule has 17 heavy (non-hydrogen) atoms. The minimum absolute atomic E-state index is 0.736. The van der Waals surface area contributed by atoms with Crippen LogP contribution in [0.2, 0.25) is 0 Å². The van der Waals surface area contributed by atoms with Gasteiger partial charge < -0.3 is 10.2 Å². The van der Waals surface area contributed by atoms with Crippen LogP contribution in [0.1, 0.15) is 52.4 Å². The highest BCUT2D eigenvalue weighted by Crippen LogP contribution is 2.26. The highest BCUT2D eigenvalue weighted by atomic mass is 15.1. The third kappa shape index (κ3) is 3.96. The van der Waals surface area contributed by atoms with Gasteiger partial charge in [0.15, 0.2) is 0 Å². The molecule has 1 N–H and O–H groups in total. The molecule has 2 aliphatic rings. The molecule has 0 aromatic carbocycles. The van der Waals surface area contributed by atoms with Gasteiger partial charge in [0.2, 0.25) is 0 Å². The molecule has 0 amide bonds. The molecule has 0 aromatic rings. The molecule has 0 aromatic heterocycles. The second kappa shape index (κ2) is 6.75. The summed E-state index contributed by atoms with van der Waals surface area (Å²) in [6.07, 6.45) is 8.51. The Hall–Kier alpha value is -0.0800. The molecule has 1 unspecified atom stereocenters. The first-order valence-electron chi connectivity index (χ1n) is 7.75. The largest absolute Gasteiger partial charge is 0.314 e. The van der Waals surface area contributed by atoms with E-state index < -0.39 is 0 Å². The normalized spacial score (nSPS) is 25.8. The van der Waals surface area contributed by atoms with Crippen LogP contribution < -0.4 is 5.32 Å². The Morgan fingerprint density at radius 1 is 1.18 bits per heavy atom. The maximum atomic E-state index is 3.78. The summed E-state index contributed by atoms with van der Waals surface area (Å²) in [6, 6.07) is 0.736. The van der Waals surface area contributed by atoms with Gasteiger partial charge in [0, 0.05) is 6.04 Å². The van der Waals surface area contributed by atoms with Crippen molar-refractivity contribution in [1.29, 1.82) is 0 Å². The molecule has 1 aliphatic carbocycles. The molecular weight excluding hydrogens is 208 g/mol. The van der Waals surface area contributed by atoms with Crippen molar-refractivity contribution in [1.82, 2.24) is 10.2 Å². The third-order valence-corrected chi connectivity index (χ3v) is 4.83. The summed E-state index contributed by atoms with van der Waals surface area (Å²) >= 11 is 0. The monoisotopic (exact) mass is 238 g/mol. The average Bonchev–Trinajstić information content (AvgIpc) is 2.28. The van der Waals surface area contributed by atoms with Crippen LogP contribution in [0.15, 0.2) is 0 Å². The van der Waals surface area contributed by atoms with Crippen LogP contribution in [-0.4, -0.2) is 37.1 Å². The average molecular weight is 238 g/mol. The standard InChI is InChI=1S/C15H30N2/c1-3-9-17-10-7-15(8-11-17)13(2)16-12-14-5-4-6-14/h13-16H,3-12H2,1-2H3. The first-order chi connectivity index (χ1) is 8.29. The van der Waals surface area contributed by atoms with Crippen LogP contribution in [0.3, 0.4) is 0 Å². The zero-order valence-electron chi connectivity index (χ0n) is 11.8. The third-order valence-electron chi connectivity index (χ3n) is 4.83. The molecule has 0 radical (unpaired) electrons. The summed E-state index contributed by atoms with van der Waals surface area (Å²) in [7, 11) is 0. The summed E-state index contributed by atoms with van der Waals surface area (Å²) in [4.78, 5) is 2.63. The number of hydrogen-bond donors (Lipinski definition) is 1. The summed E-state index contributed by atoms with van der Waals surface area (Å²) in [5, 5.41) is 3.78. The molecular formula is C15H30N2. The number of hydrogen-bond acceptors (Lipinski definition) is 2. The van der Waals surface area contributed by atoms with Crippen molar-refractivity contribution in [2.24, 2.45) is 11.8 Å². The molecule has 2 rings (SSSR count). The summed E-state index contributed by atoms with van der Waals surface area (Å²) in [6.45, 7) is 9.92. The van der Waals surface area contributed by atoms with Gasteiger partial charge in [-0.2, -0.15) is 0 Å². The lowest BCUT2D eigenvalue weighted by Crippen LogP contribution is -2.43. The fourth-order valence-electron chi connectivity index (χ4n) is 3.21. The predicted octanol–water partition coefficient (Wildman–Crippen LogP) is 2.89. The molecule has 2 nitrogen and oxygen atoms in total. The van der Waals surface area contributed by atoms with E-state index in [-0.39, 0.29) is 0 Å². The quantitative estimate of drug-likeness (QED) is 0.765. The van der Waals surface area contributed by atoms with E-state index in [0.717, 1.165) is 17.9 Å². The van der Waals surface area contributed by atoms with E-state index in [4.69, 9.17) is 0 Å². The summed E-state index contributed by atoms with van der Waals surface area (Å²) < 4.78 is 0. The highest BCUT2D eigenvalue weighted by molar-refractivity contribution is 4.81. The molecule has 1 heterocycles. The van der Waals surface area contributed by atoms with Crippen molar-refractivity contribution >= 4 is 0 Å². The zero-order valence-corrected chi connectivity index (χ0v) is 11.8. The van der Waals surface area contributed by atoms with Crippen LogP contribution >= 0.6 is 0 Å². The number of nitrogens with one attached hydrogen (secondary N) is 1. The Morgan fingerprint density at radius 3 is 2.41 bits per heavy atom. The summed E-state index contributed by atoms with van der Waals surface area (Å²) in [5.41, 5.74) is 0. The fraction of sp³-hybridized carbons (Fsp3) is 1.00. The lowest BCUT2D eigenvalue weighted by atomic mass is 9.84. The van der Waals surface area contributed by atoms with E-state index in [1.54, 1.807) is 0 Å². The maximum absolute atomic E-state index is 3.78. The first-order valence-corrected chi connectivity index (χ1v) is 7.75. The van der Waals surface area contributed by atoms with E-state index in [9.17, 15) is 0 Å². The number of nitrogens with zero attached hydrogens (tertiary/aromatic N) is 1. The van der Waals surface area contributed by atoms with Gasteiger partial charge in [-0.15, -0.1) is 0 Å². The first kappa shape index (κ1) is 13.4. The van der Waals surface area contributed by atoms with Crippen LogP contribution in [0, 0.1) is 11.8 Å². The van der Waals surface area contributed by atoms with Crippen molar-refractivity contribution in [3.8, 4) is 0 Å². The second-order valence-electron chi connectivity index (χ2n) is 6.17. The van der Waals surface area contributed by atoms with Gasteiger partial charge in [-0.05, 0) is 77.0 Å². The number of likely N-dealkylation sites (tertiary alicyclic amines) is 1. The van der Waals surface area contributed by atoms with Crippen molar-refractivity contribution in [2.75, 3.05) is 26.2 Å². The van der Waals surface area contributed by atoms with Gasteiger partial charge in [0.05, 0.1) is 0 Å². The predicted molar refractivity (Wildman–Crippen MR) is 74.3 cm³/mol. The molecule has 1 aliphatic heterocycles. The van der Waals surface area contributed by atoms with Crippen molar-refractivity contribution in [3.05, 3.63) is 0 Å². The minimum atomic E-state index is 0.736. The molecule has 100 valence electrons. The topological polar surface area (TPSA) is 15.3 Å². The maximum Gasteiger partial charge on any atom is 0.00680 e. The van der Waals surface area contributed by atoms with Gasteiger partial charge in [-0.3, -0.25) is 0 Å². The Kier molecular flexibility index (Phi) is 5.30. The van der Waals surface area contributed by atoms with E-state index in [1.807, 2.05) is 0 Å². The van der Waals surface area contributed by atoms with Gasteiger partial charge in [0.25, 0.3) is 0 Å². The molecule has 2 fully saturated rings. The van der Waals surface area contributed by atoms with E-state index in [1.165, 1.54) is 64.7 Å². The van der Waals surface area contributed by atoms with Crippen molar-refractivity contribution in [3.63, 3.8) is 0 Å². The Balaban J connectivity index is 1.61. The zero-order chi connectivity index (χ0) is 12.1. The molecule has 1 atom stereocenters. The Morgan fingerprint density at radius 2 is 1.88 bits per heavy atom. The number of rotatable bonds is 6. The molecule has 2 heteroatoms. The second-order valence-corrected chi connectivity index (χ2v) is 6.17. The van der Waals surface area contributed by atoms with Crippen LogP contribution in [0.25, 0.3) is 0 Å². The smallest absolute Gasteiger partial charge is 0.00680 e. The van der Waals surface area contributed by atoms with Gasteiger partial charge in [-0.1, -0.05) is 13.3 Å². The van der Waals surface area contributed by atoms with Gasteiger partial charge in [-0.25, -0.2) is 0 Å². The molecule has 0 bridgehead atoms. The van der Waals surface area contributed by atoms with Gasteiger partial charge in [0.1, 0.15) is 0 Å². The fourth-order valence-corrected chi connectivity index (χ4v) is 3.21. The lowest BCUT2D eigenvalue weighted by molar-refractivity contribution is 0.157. The van der Waals surface area contributed by atoms with Crippen molar-refractivity contribution in [2.45, 2.75) is 58.4 Å². The molecule has 1 saturated heterocycles. The van der Waals surface area contributed by atoms with Gasteiger partial charge >= 0.3 is 0 Å². The number of piperidine rings is 1. The summed E-state index contributed by atoms with van der Waals surface area (Å²) in [5.74, 6) is 1.92. The van der Waals surface area contributed by atoms with Crippen molar-refractivity contribution < 1.29 is 0 Å². The van der Waals surface area contributed by atoms with Crippen LogP contribution in [0.4, 0.5) is 0 Å². The highest BCUT2D eigenvalue weighted by Gasteiger charge is 2.24. The van der Waals surface area contributed by atoms with Crippen LogP contribution in [0.5, 0.6) is 0 Å². The SMILES string of the molecule is CCCN1CCC(C(C)NCC2CCC2)CC1. The Bertz CT molecular complexity index is 205. The Labute approximate surface area is 107 Å². The van der Waals surface area contributed by atoms with E-state index >= 15 is 0 Å². The minimum Gasteiger partial charge on any atom is -0.314 e. The molecule has 0 spiro atoms. The molecule has 1 saturated carbocycles. The van der Waals surface area contributed by atoms with E-state index in [2.05, 4.69) is 24.1 Å².